The van der Waals surface area contributed by atoms with Crippen LogP contribution in [0.25, 0.3) is 0 Å². The number of fused-ring (bicyclic) bond motifs is 3. The van der Waals surface area contributed by atoms with E-state index in [1.165, 1.54) is 7.11 Å². The van der Waals surface area contributed by atoms with Crippen LogP contribution >= 0.6 is 22.9 Å². The molecule has 0 bridgehead atoms. The van der Waals surface area contributed by atoms with Gasteiger partial charge in [0.1, 0.15) is 5.75 Å². The van der Waals surface area contributed by atoms with E-state index in [-0.39, 0.29) is 11.8 Å². The molecular weight excluding hydrogens is 396 g/mol. The molecule has 1 aromatic heterocycles. The average Bonchev–Trinajstić information content (AvgIpc) is 3.38. The number of benzene rings is 2. The van der Waals surface area contributed by atoms with Crippen LogP contribution < -0.4 is 9.47 Å². The lowest BCUT2D eigenvalue weighted by Crippen LogP contribution is -2.33. The number of ether oxygens (including phenoxy) is 2. The van der Waals surface area contributed by atoms with Crippen molar-refractivity contribution in [3.05, 3.63) is 74.9 Å². The minimum atomic E-state index is -0.607. The normalized spacial score (nSPS) is 20.2. The van der Waals surface area contributed by atoms with Gasteiger partial charge in [0.25, 0.3) is 0 Å². The highest BCUT2D eigenvalue weighted by atomic mass is 35.5. The van der Waals surface area contributed by atoms with Crippen LogP contribution in [-0.2, 0) is 0 Å². The van der Waals surface area contributed by atoms with Gasteiger partial charge in [0.05, 0.1) is 29.3 Å². The van der Waals surface area contributed by atoms with Crippen molar-refractivity contribution in [1.29, 1.82) is 0 Å². The fourth-order valence-electron chi connectivity index (χ4n) is 3.77. The van der Waals surface area contributed by atoms with E-state index in [1.54, 1.807) is 23.5 Å². The third-order valence-corrected chi connectivity index (χ3v) is 6.20. The predicted octanol–water partition coefficient (Wildman–Crippen LogP) is 5.36. The van der Waals surface area contributed by atoms with Crippen molar-refractivity contribution < 1.29 is 14.6 Å². The lowest BCUT2D eigenvalue weighted by molar-refractivity contribution is -0.0204. The van der Waals surface area contributed by atoms with E-state index in [0.717, 1.165) is 28.3 Å². The molecule has 0 unspecified atom stereocenters. The highest BCUT2D eigenvalue weighted by Gasteiger charge is 2.42. The number of methoxy groups -OCH3 is 1. The highest BCUT2D eigenvalue weighted by molar-refractivity contribution is 7.12. The molecule has 3 heterocycles. The Balaban J connectivity index is 1.65. The van der Waals surface area contributed by atoms with E-state index in [9.17, 15) is 5.11 Å². The summed E-state index contributed by atoms with van der Waals surface area (Å²) in [6, 6.07) is 15.4. The van der Waals surface area contributed by atoms with Gasteiger partial charge >= 0.3 is 0 Å². The van der Waals surface area contributed by atoms with Crippen LogP contribution in [0, 0.1) is 0 Å². The zero-order chi connectivity index (χ0) is 19.3. The van der Waals surface area contributed by atoms with Gasteiger partial charge in [0.15, 0.2) is 11.5 Å². The Bertz CT molecular complexity index is 1070. The Kier molecular flexibility index (Phi) is 4.18. The SMILES string of the molecule is COc1cc(Cl)cc([C@H]2Oc3ccccc3[C@@H]3CC(c4cccs4)=NN23)c1O. The highest BCUT2D eigenvalue weighted by Crippen LogP contribution is 2.50. The molecule has 7 heteroatoms. The Morgan fingerprint density at radius 1 is 1.21 bits per heavy atom. The summed E-state index contributed by atoms with van der Waals surface area (Å²) in [7, 11) is 1.50. The first-order valence-corrected chi connectivity index (χ1v) is 10.1. The lowest BCUT2D eigenvalue weighted by atomic mass is 9.97. The zero-order valence-corrected chi connectivity index (χ0v) is 16.6. The van der Waals surface area contributed by atoms with E-state index >= 15 is 0 Å². The number of rotatable bonds is 3. The number of nitrogens with zero attached hydrogens (tertiary/aromatic N) is 2. The summed E-state index contributed by atoms with van der Waals surface area (Å²) in [5.41, 5.74) is 2.63. The van der Waals surface area contributed by atoms with Crippen LogP contribution in [0.1, 0.15) is 34.7 Å². The predicted molar refractivity (Wildman–Crippen MR) is 110 cm³/mol. The number of hydrogen-bond acceptors (Lipinski definition) is 6. The second-order valence-corrected chi connectivity index (χ2v) is 8.06. The van der Waals surface area contributed by atoms with Crippen molar-refractivity contribution in [2.45, 2.75) is 18.7 Å². The van der Waals surface area contributed by atoms with E-state index in [4.69, 9.17) is 26.2 Å². The van der Waals surface area contributed by atoms with Gasteiger partial charge in [-0.1, -0.05) is 35.9 Å². The van der Waals surface area contributed by atoms with Crippen molar-refractivity contribution in [1.82, 2.24) is 5.01 Å². The fourth-order valence-corrected chi connectivity index (χ4v) is 4.71. The molecule has 0 radical (unpaired) electrons. The summed E-state index contributed by atoms with van der Waals surface area (Å²) in [6.07, 6.45) is 0.167. The molecule has 0 fully saturated rings. The Labute approximate surface area is 171 Å². The van der Waals surface area contributed by atoms with E-state index in [2.05, 4.69) is 12.1 Å². The van der Waals surface area contributed by atoms with Gasteiger partial charge in [-0.3, -0.25) is 0 Å². The maximum Gasteiger partial charge on any atom is 0.217 e. The van der Waals surface area contributed by atoms with Crippen molar-refractivity contribution in [2.75, 3.05) is 7.11 Å². The van der Waals surface area contributed by atoms with Crippen LogP contribution in [0.2, 0.25) is 5.02 Å². The molecule has 0 amide bonds. The first-order chi connectivity index (χ1) is 13.7. The molecule has 2 aliphatic rings. The molecule has 2 aliphatic heterocycles. The Morgan fingerprint density at radius 3 is 2.86 bits per heavy atom. The van der Waals surface area contributed by atoms with Gasteiger partial charge in [-0.2, -0.15) is 5.10 Å². The Hall–Kier alpha value is -2.70. The van der Waals surface area contributed by atoms with Crippen LogP contribution in [0.5, 0.6) is 17.2 Å². The lowest BCUT2D eigenvalue weighted by Gasteiger charge is -2.38. The quantitative estimate of drug-likeness (QED) is 0.629. The molecule has 0 saturated carbocycles. The number of phenols is 1. The smallest absolute Gasteiger partial charge is 0.217 e. The van der Waals surface area contributed by atoms with Crippen molar-refractivity contribution in [3.8, 4) is 17.2 Å². The topological polar surface area (TPSA) is 54.3 Å². The molecule has 3 aromatic rings. The van der Waals surface area contributed by atoms with Crippen LogP contribution in [0.4, 0.5) is 0 Å². The number of phenolic OH excluding ortho intramolecular Hbond substituents is 1. The van der Waals surface area contributed by atoms with Crippen LogP contribution in [0.3, 0.4) is 0 Å². The molecule has 0 spiro atoms. The van der Waals surface area contributed by atoms with Crippen LogP contribution in [0.15, 0.2) is 59.0 Å². The fraction of sp³-hybridized carbons (Fsp3) is 0.190. The summed E-state index contributed by atoms with van der Waals surface area (Å²) < 4.78 is 11.6. The molecule has 2 atom stereocenters. The number of hydrogen-bond donors (Lipinski definition) is 1. The third-order valence-electron chi connectivity index (χ3n) is 5.06. The molecule has 5 rings (SSSR count). The standard InChI is InChI=1S/C21H17ClN2O3S/c1-26-18-10-12(22)9-14(20(18)25)21-24-16(13-5-2-3-6-17(13)27-21)11-15(23-24)19-7-4-8-28-19/h2-10,16,21,25H,11H2,1H3/t16-,21+/m0/s1. The molecule has 1 N–H and O–H groups in total. The van der Waals surface area contributed by atoms with Crippen LogP contribution in [-0.4, -0.2) is 22.9 Å². The molecule has 0 saturated heterocycles. The molecule has 5 nitrogen and oxygen atoms in total. The van der Waals surface area contributed by atoms with Gasteiger partial charge in [-0.25, -0.2) is 5.01 Å². The monoisotopic (exact) mass is 412 g/mol. The van der Waals surface area contributed by atoms with Gasteiger partial charge in [0.2, 0.25) is 6.23 Å². The molecule has 0 aliphatic carbocycles. The second kappa shape index (κ2) is 6.72. The summed E-state index contributed by atoms with van der Waals surface area (Å²) in [6.45, 7) is 0. The third kappa shape index (κ3) is 2.72. The second-order valence-electron chi connectivity index (χ2n) is 6.68. The summed E-state index contributed by atoms with van der Waals surface area (Å²) in [5, 5.41) is 20.1. The van der Waals surface area contributed by atoms with E-state index in [1.807, 2.05) is 34.7 Å². The van der Waals surface area contributed by atoms with E-state index in [0.29, 0.717) is 16.3 Å². The van der Waals surface area contributed by atoms with E-state index < -0.39 is 6.23 Å². The summed E-state index contributed by atoms with van der Waals surface area (Å²) in [5.74, 6) is 1.10. The number of hydrazone groups is 1. The van der Waals surface area contributed by atoms with Crippen molar-refractivity contribution >= 4 is 28.6 Å². The molecule has 28 heavy (non-hydrogen) atoms. The summed E-state index contributed by atoms with van der Waals surface area (Å²) in [4.78, 5) is 1.14. The Morgan fingerprint density at radius 2 is 2.07 bits per heavy atom. The zero-order valence-electron chi connectivity index (χ0n) is 15.0. The first-order valence-electron chi connectivity index (χ1n) is 8.87. The minimum absolute atomic E-state index is 0.00908. The maximum atomic E-state index is 10.7. The number of thiophene rings is 1. The average molecular weight is 413 g/mol. The molecule has 2 aromatic carbocycles. The summed E-state index contributed by atoms with van der Waals surface area (Å²) >= 11 is 7.94. The molecule has 142 valence electrons. The minimum Gasteiger partial charge on any atom is -0.504 e. The number of aromatic hydroxyl groups is 1. The number of para-hydroxylation sites is 1. The van der Waals surface area contributed by atoms with Gasteiger partial charge in [0, 0.05) is 23.1 Å². The maximum absolute atomic E-state index is 10.7. The van der Waals surface area contributed by atoms with Gasteiger partial charge in [-0.15, -0.1) is 11.3 Å². The van der Waals surface area contributed by atoms with Crippen molar-refractivity contribution in [2.24, 2.45) is 5.10 Å². The number of halogens is 1. The van der Waals surface area contributed by atoms with Crippen molar-refractivity contribution in [3.63, 3.8) is 0 Å². The van der Waals surface area contributed by atoms with Gasteiger partial charge < -0.3 is 14.6 Å². The molecular formula is C21H17ClN2O3S. The first kappa shape index (κ1) is 17.4. The largest absolute Gasteiger partial charge is 0.504 e. The van der Waals surface area contributed by atoms with Gasteiger partial charge in [-0.05, 0) is 23.6 Å².